The molecule has 0 bridgehead atoms. The van der Waals surface area contributed by atoms with E-state index in [4.69, 9.17) is 0 Å². The van der Waals surface area contributed by atoms with Crippen molar-refractivity contribution in [2.45, 2.75) is 0 Å². The molecule has 0 unspecified atom stereocenters. The summed E-state index contributed by atoms with van der Waals surface area (Å²) in [5.74, 6) is 0. The summed E-state index contributed by atoms with van der Waals surface area (Å²) in [6.07, 6.45) is 8.45. The van der Waals surface area contributed by atoms with Gasteiger partial charge < -0.3 is 0 Å². The average molecular weight is 397 g/mol. The SMILES string of the molecule is C(=Cc1ccccc1C=Cc1nc2ccccc2s1)c1nc2ccccc2s1. The third-order valence-electron chi connectivity index (χ3n) is 4.43. The molecule has 0 atom stereocenters. The van der Waals surface area contributed by atoms with Gasteiger partial charge in [0, 0.05) is 0 Å². The molecule has 5 aromatic rings. The zero-order valence-corrected chi connectivity index (χ0v) is 16.6. The Morgan fingerprint density at radius 1 is 0.500 bits per heavy atom. The molecule has 3 aromatic carbocycles. The van der Waals surface area contributed by atoms with E-state index in [0.29, 0.717) is 0 Å². The molecular formula is C24H16N2S2. The second-order valence-corrected chi connectivity index (χ2v) is 8.46. The molecule has 5 rings (SSSR count). The van der Waals surface area contributed by atoms with Gasteiger partial charge in [0.2, 0.25) is 0 Å². The molecule has 0 saturated heterocycles. The maximum absolute atomic E-state index is 4.68. The smallest absolute Gasteiger partial charge is 0.117 e. The normalized spacial score (nSPS) is 12.0. The van der Waals surface area contributed by atoms with Gasteiger partial charge in [-0.15, -0.1) is 22.7 Å². The van der Waals surface area contributed by atoms with E-state index < -0.39 is 0 Å². The van der Waals surface area contributed by atoms with Crippen molar-refractivity contribution in [2.24, 2.45) is 0 Å². The maximum Gasteiger partial charge on any atom is 0.117 e. The van der Waals surface area contributed by atoms with E-state index in [9.17, 15) is 0 Å². The summed E-state index contributed by atoms with van der Waals surface area (Å²) < 4.78 is 2.43. The number of hydrogen-bond acceptors (Lipinski definition) is 4. The fourth-order valence-corrected chi connectivity index (χ4v) is 4.80. The van der Waals surface area contributed by atoms with Crippen LogP contribution in [0.3, 0.4) is 0 Å². The topological polar surface area (TPSA) is 25.8 Å². The molecule has 2 heterocycles. The molecule has 0 radical (unpaired) electrons. The van der Waals surface area contributed by atoms with Crippen molar-refractivity contribution in [1.82, 2.24) is 9.97 Å². The number of aromatic nitrogens is 2. The van der Waals surface area contributed by atoms with Crippen LogP contribution in [0.1, 0.15) is 21.1 Å². The number of thiazole rings is 2. The molecule has 0 spiro atoms. The number of nitrogens with zero attached hydrogens (tertiary/aromatic N) is 2. The van der Waals surface area contributed by atoms with Crippen LogP contribution in [0.5, 0.6) is 0 Å². The Labute approximate surface area is 171 Å². The van der Waals surface area contributed by atoms with Gasteiger partial charge in [-0.3, -0.25) is 0 Å². The van der Waals surface area contributed by atoms with E-state index in [1.54, 1.807) is 22.7 Å². The summed E-state index contributed by atoms with van der Waals surface area (Å²) in [6, 6.07) is 24.9. The molecule has 0 aliphatic carbocycles. The highest BCUT2D eigenvalue weighted by Crippen LogP contribution is 2.25. The number of fused-ring (bicyclic) bond motifs is 2. The lowest BCUT2D eigenvalue weighted by molar-refractivity contribution is 1.46. The molecule has 28 heavy (non-hydrogen) atoms. The number of hydrogen-bond donors (Lipinski definition) is 0. The van der Waals surface area contributed by atoms with Gasteiger partial charge in [0.25, 0.3) is 0 Å². The van der Waals surface area contributed by atoms with Crippen molar-refractivity contribution in [2.75, 3.05) is 0 Å². The van der Waals surface area contributed by atoms with E-state index in [-0.39, 0.29) is 0 Å². The van der Waals surface area contributed by atoms with Gasteiger partial charge in [-0.05, 0) is 47.5 Å². The Hall–Kier alpha value is -3.08. The minimum atomic E-state index is 1.02. The highest BCUT2D eigenvalue weighted by Gasteiger charge is 2.02. The zero-order chi connectivity index (χ0) is 18.8. The summed E-state index contributed by atoms with van der Waals surface area (Å²) in [4.78, 5) is 9.36. The molecule has 0 saturated carbocycles. The van der Waals surface area contributed by atoms with Crippen LogP contribution in [0.15, 0.2) is 72.8 Å². The van der Waals surface area contributed by atoms with Crippen LogP contribution in [0, 0.1) is 0 Å². The fourth-order valence-electron chi connectivity index (χ4n) is 3.06. The fraction of sp³-hybridized carbons (Fsp3) is 0. The summed E-state index contributed by atoms with van der Waals surface area (Å²) >= 11 is 3.42. The Morgan fingerprint density at radius 2 is 0.929 bits per heavy atom. The Bertz CT molecular complexity index is 1160. The van der Waals surface area contributed by atoms with E-state index in [1.165, 1.54) is 20.5 Å². The lowest BCUT2D eigenvalue weighted by Gasteiger charge is -1.99. The van der Waals surface area contributed by atoms with Gasteiger partial charge in [0.05, 0.1) is 20.4 Å². The third kappa shape index (κ3) is 3.52. The van der Waals surface area contributed by atoms with E-state index in [1.807, 2.05) is 12.1 Å². The van der Waals surface area contributed by atoms with Crippen LogP contribution in [0.25, 0.3) is 44.7 Å². The first kappa shape index (κ1) is 17.0. The van der Waals surface area contributed by atoms with Gasteiger partial charge in [-0.1, -0.05) is 60.7 Å². The van der Waals surface area contributed by atoms with Crippen molar-refractivity contribution in [3.63, 3.8) is 0 Å². The van der Waals surface area contributed by atoms with Crippen LogP contribution in [0.2, 0.25) is 0 Å². The number of benzene rings is 3. The predicted octanol–water partition coefficient (Wildman–Crippen LogP) is 7.25. The molecule has 0 N–H and O–H groups in total. The second-order valence-electron chi connectivity index (χ2n) is 6.34. The third-order valence-corrected chi connectivity index (χ3v) is 6.43. The summed E-state index contributed by atoms with van der Waals surface area (Å²) in [6.45, 7) is 0. The highest BCUT2D eigenvalue weighted by atomic mass is 32.1. The van der Waals surface area contributed by atoms with Crippen molar-refractivity contribution in [3.8, 4) is 0 Å². The van der Waals surface area contributed by atoms with Gasteiger partial charge >= 0.3 is 0 Å². The minimum Gasteiger partial charge on any atom is -0.237 e. The minimum absolute atomic E-state index is 1.02. The maximum atomic E-state index is 4.68. The quantitative estimate of drug-likeness (QED) is 0.320. The highest BCUT2D eigenvalue weighted by molar-refractivity contribution is 7.19. The molecule has 4 heteroatoms. The first-order valence-corrected chi connectivity index (χ1v) is 10.6. The predicted molar refractivity (Wildman–Crippen MR) is 124 cm³/mol. The number of rotatable bonds is 4. The van der Waals surface area contributed by atoms with Crippen molar-refractivity contribution in [1.29, 1.82) is 0 Å². The van der Waals surface area contributed by atoms with E-state index in [2.05, 4.69) is 94.9 Å². The lowest BCUT2D eigenvalue weighted by atomic mass is 10.1. The van der Waals surface area contributed by atoms with Crippen LogP contribution < -0.4 is 0 Å². The molecule has 0 aliphatic rings. The average Bonchev–Trinajstić information content (AvgIpc) is 3.34. The van der Waals surface area contributed by atoms with Crippen LogP contribution in [-0.2, 0) is 0 Å². The van der Waals surface area contributed by atoms with Crippen LogP contribution in [0.4, 0.5) is 0 Å². The van der Waals surface area contributed by atoms with Gasteiger partial charge in [0.15, 0.2) is 0 Å². The second kappa shape index (κ2) is 7.50. The molecular weight excluding hydrogens is 380 g/mol. The monoisotopic (exact) mass is 396 g/mol. The van der Waals surface area contributed by atoms with Gasteiger partial charge in [-0.25, -0.2) is 9.97 Å². The first-order valence-electron chi connectivity index (χ1n) is 9.01. The standard InChI is InChI=1S/C24H16N2S2/c1-2-8-18(14-16-24-26-20-10-4-6-12-22(20)28-24)17(7-1)13-15-23-25-19-9-3-5-11-21(19)27-23/h1-16H. The van der Waals surface area contributed by atoms with Gasteiger partial charge in [0.1, 0.15) is 10.0 Å². The van der Waals surface area contributed by atoms with Crippen LogP contribution in [-0.4, -0.2) is 9.97 Å². The number of para-hydroxylation sites is 2. The zero-order valence-electron chi connectivity index (χ0n) is 14.9. The van der Waals surface area contributed by atoms with Crippen molar-refractivity contribution >= 4 is 67.4 Å². The molecule has 2 nitrogen and oxygen atoms in total. The molecule has 0 aliphatic heterocycles. The Balaban J connectivity index is 1.43. The van der Waals surface area contributed by atoms with Crippen LogP contribution >= 0.6 is 22.7 Å². The lowest BCUT2D eigenvalue weighted by Crippen LogP contribution is -1.79. The molecule has 2 aromatic heterocycles. The van der Waals surface area contributed by atoms with E-state index >= 15 is 0 Å². The summed E-state index contributed by atoms with van der Waals surface area (Å²) in [5.41, 5.74) is 4.44. The van der Waals surface area contributed by atoms with E-state index in [0.717, 1.165) is 21.0 Å². The first-order chi connectivity index (χ1) is 13.8. The summed E-state index contributed by atoms with van der Waals surface area (Å²) in [5, 5.41) is 2.04. The molecule has 0 fully saturated rings. The summed E-state index contributed by atoms with van der Waals surface area (Å²) in [7, 11) is 0. The Kier molecular flexibility index (Phi) is 4.57. The Morgan fingerprint density at radius 3 is 1.39 bits per heavy atom. The van der Waals surface area contributed by atoms with Gasteiger partial charge in [-0.2, -0.15) is 0 Å². The van der Waals surface area contributed by atoms with Crippen molar-refractivity contribution in [3.05, 3.63) is 93.9 Å². The molecule has 0 amide bonds. The largest absolute Gasteiger partial charge is 0.237 e. The van der Waals surface area contributed by atoms with Crippen molar-refractivity contribution < 1.29 is 0 Å². The molecule has 134 valence electrons.